The Hall–Kier alpha value is -2.86. The Morgan fingerprint density at radius 2 is 1.83 bits per heavy atom. The Morgan fingerprint density at radius 1 is 1.10 bits per heavy atom. The van der Waals surface area contributed by atoms with Gasteiger partial charge in [-0.15, -0.1) is 0 Å². The molecule has 1 amide bonds. The molecule has 1 N–H and O–H groups in total. The first kappa shape index (κ1) is 20.9. The van der Waals surface area contributed by atoms with Crippen molar-refractivity contribution in [3.8, 4) is 11.5 Å². The number of hydrogen-bond donors (Lipinski definition) is 1. The van der Waals surface area contributed by atoms with Crippen LogP contribution in [0.15, 0.2) is 42.5 Å². The number of rotatable bonds is 7. The van der Waals surface area contributed by atoms with E-state index in [4.69, 9.17) is 9.47 Å². The van der Waals surface area contributed by atoms with Gasteiger partial charge in [0.25, 0.3) is 0 Å². The molecule has 3 rings (SSSR count). The van der Waals surface area contributed by atoms with Crippen LogP contribution in [-0.4, -0.2) is 43.4 Å². The summed E-state index contributed by atoms with van der Waals surface area (Å²) in [5.41, 5.74) is 2.34. The molecule has 0 bridgehead atoms. The number of carbonyl (C=O) groups excluding carboxylic acids is 2. The molecule has 2 aromatic carbocycles. The second-order valence-electron chi connectivity index (χ2n) is 7.30. The van der Waals surface area contributed by atoms with Crippen molar-refractivity contribution in [1.29, 1.82) is 0 Å². The third-order valence-electron chi connectivity index (χ3n) is 5.53. The molecule has 6 heteroatoms. The molecule has 29 heavy (non-hydrogen) atoms. The highest BCUT2D eigenvalue weighted by atomic mass is 16.5. The SMILES string of the molecule is COc1ccc(OC)c([C@@H]2CCCN2[C@@H](C)C(=O)Nc2ccc(C(C)=O)cc2)c1. The summed E-state index contributed by atoms with van der Waals surface area (Å²) >= 11 is 0. The van der Waals surface area contributed by atoms with Gasteiger partial charge in [0, 0.05) is 22.9 Å². The minimum Gasteiger partial charge on any atom is -0.497 e. The van der Waals surface area contributed by atoms with Crippen LogP contribution in [0.3, 0.4) is 0 Å². The van der Waals surface area contributed by atoms with E-state index in [0.29, 0.717) is 11.3 Å². The largest absolute Gasteiger partial charge is 0.497 e. The lowest BCUT2D eigenvalue weighted by atomic mass is 10.0. The Balaban J connectivity index is 1.76. The molecule has 0 spiro atoms. The van der Waals surface area contributed by atoms with Gasteiger partial charge in [-0.2, -0.15) is 0 Å². The van der Waals surface area contributed by atoms with Crippen molar-refractivity contribution in [1.82, 2.24) is 4.90 Å². The van der Waals surface area contributed by atoms with Gasteiger partial charge in [-0.1, -0.05) is 0 Å². The van der Waals surface area contributed by atoms with Gasteiger partial charge in [0.1, 0.15) is 11.5 Å². The van der Waals surface area contributed by atoms with Crippen LogP contribution >= 0.6 is 0 Å². The second kappa shape index (κ2) is 9.09. The first-order valence-electron chi connectivity index (χ1n) is 9.84. The molecule has 0 aromatic heterocycles. The van der Waals surface area contributed by atoms with Crippen molar-refractivity contribution < 1.29 is 19.1 Å². The maximum atomic E-state index is 12.9. The van der Waals surface area contributed by atoms with Crippen molar-refractivity contribution >= 4 is 17.4 Å². The normalized spacial score (nSPS) is 17.6. The van der Waals surface area contributed by atoms with Crippen molar-refractivity contribution in [2.75, 3.05) is 26.1 Å². The molecule has 1 aliphatic rings. The van der Waals surface area contributed by atoms with E-state index in [-0.39, 0.29) is 23.8 Å². The van der Waals surface area contributed by atoms with Gasteiger partial charge >= 0.3 is 0 Å². The maximum absolute atomic E-state index is 12.9. The summed E-state index contributed by atoms with van der Waals surface area (Å²) in [7, 11) is 3.30. The van der Waals surface area contributed by atoms with E-state index < -0.39 is 0 Å². The molecule has 0 radical (unpaired) electrons. The van der Waals surface area contributed by atoms with Gasteiger partial charge in [0.2, 0.25) is 5.91 Å². The molecule has 1 fully saturated rings. The van der Waals surface area contributed by atoms with Gasteiger partial charge in [-0.3, -0.25) is 14.5 Å². The fraction of sp³-hybridized carbons (Fsp3) is 0.391. The van der Waals surface area contributed by atoms with E-state index in [1.807, 2.05) is 25.1 Å². The molecule has 0 unspecified atom stereocenters. The molecular formula is C23H28N2O4. The van der Waals surface area contributed by atoms with E-state index >= 15 is 0 Å². The predicted octanol–water partition coefficient (Wildman–Crippen LogP) is 4.07. The average Bonchev–Trinajstić information content (AvgIpc) is 3.22. The zero-order valence-electron chi connectivity index (χ0n) is 17.4. The van der Waals surface area contributed by atoms with Crippen LogP contribution in [0.25, 0.3) is 0 Å². The number of ketones is 1. The van der Waals surface area contributed by atoms with E-state index in [0.717, 1.165) is 36.4 Å². The standard InChI is InChI=1S/C23H28N2O4/c1-15(23(27)24-18-9-7-17(8-10-18)16(2)26)25-13-5-6-21(25)20-14-19(28-3)11-12-22(20)29-4/h7-12,14-15,21H,5-6,13H2,1-4H3,(H,24,27)/t15-,21-/m0/s1. The number of benzene rings is 2. The van der Waals surface area contributed by atoms with Crippen LogP contribution in [-0.2, 0) is 4.79 Å². The minimum atomic E-state index is -0.314. The number of Topliss-reactive ketones (excluding diaryl/α,β-unsaturated/α-hetero) is 1. The molecule has 1 heterocycles. The fourth-order valence-electron chi connectivity index (χ4n) is 3.87. The molecule has 0 aliphatic carbocycles. The third-order valence-corrected chi connectivity index (χ3v) is 5.53. The number of carbonyl (C=O) groups is 2. The summed E-state index contributed by atoms with van der Waals surface area (Å²) in [4.78, 5) is 26.5. The molecule has 1 aliphatic heterocycles. The summed E-state index contributed by atoms with van der Waals surface area (Å²) in [6, 6.07) is 12.5. The fourth-order valence-corrected chi connectivity index (χ4v) is 3.87. The van der Waals surface area contributed by atoms with Gasteiger partial charge in [0.05, 0.1) is 20.3 Å². The predicted molar refractivity (Wildman–Crippen MR) is 113 cm³/mol. The van der Waals surface area contributed by atoms with Gasteiger partial charge in [-0.25, -0.2) is 0 Å². The van der Waals surface area contributed by atoms with Crippen LogP contribution in [0.5, 0.6) is 11.5 Å². The van der Waals surface area contributed by atoms with Gasteiger partial charge in [-0.05, 0) is 75.7 Å². The maximum Gasteiger partial charge on any atom is 0.241 e. The van der Waals surface area contributed by atoms with E-state index in [1.165, 1.54) is 6.92 Å². The van der Waals surface area contributed by atoms with Crippen LogP contribution in [0, 0.1) is 0 Å². The van der Waals surface area contributed by atoms with E-state index in [2.05, 4.69) is 10.2 Å². The van der Waals surface area contributed by atoms with Gasteiger partial charge < -0.3 is 14.8 Å². The number of likely N-dealkylation sites (tertiary alicyclic amines) is 1. The molecule has 6 nitrogen and oxygen atoms in total. The van der Waals surface area contributed by atoms with E-state index in [9.17, 15) is 9.59 Å². The van der Waals surface area contributed by atoms with Crippen LogP contribution < -0.4 is 14.8 Å². The summed E-state index contributed by atoms with van der Waals surface area (Å²) in [6.07, 6.45) is 1.96. The molecule has 2 atom stereocenters. The minimum absolute atomic E-state index is 0.00314. The van der Waals surface area contributed by atoms with E-state index in [1.54, 1.807) is 38.5 Å². The lowest BCUT2D eigenvalue weighted by Gasteiger charge is -2.31. The van der Waals surface area contributed by atoms with Crippen molar-refractivity contribution in [3.63, 3.8) is 0 Å². The quantitative estimate of drug-likeness (QED) is 0.715. The summed E-state index contributed by atoms with van der Waals surface area (Å²) in [5, 5.41) is 2.96. The Kier molecular flexibility index (Phi) is 6.54. The number of amides is 1. The zero-order chi connectivity index (χ0) is 21.0. The van der Waals surface area contributed by atoms with Crippen LogP contribution in [0.1, 0.15) is 48.7 Å². The van der Waals surface area contributed by atoms with Crippen molar-refractivity contribution in [2.24, 2.45) is 0 Å². The molecule has 0 saturated carbocycles. The van der Waals surface area contributed by atoms with Crippen molar-refractivity contribution in [2.45, 2.75) is 38.8 Å². The number of anilines is 1. The Morgan fingerprint density at radius 3 is 2.45 bits per heavy atom. The summed E-state index contributed by atoms with van der Waals surface area (Å²) < 4.78 is 10.9. The number of nitrogens with one attached hydrogen (secondary N) is 1. The first-order chi connectivity index (χ1) is 13.9. The molecule has 2 aromatic rings. The Bertz CT molecular complexity index is 879. The molecular weight excluding hydrogens is 368 g/mol. The average molecular weight is 396 g/mol. The smallest absolute Gasteiger partial charge is 0.241 e. The lowest BCUT2D eigenvalue weighted by Crippen LogP contribution is -2.41. The second-order valence-corrected chi connectivity index (χ2v) is 7.30. The highest BCUT2D eigenvalue weighted by Crippen LogP contribution is 2.40. The number of hydrogen-bond acceptors (Lipinski definition) is 5. The van der Waals surface area contributed by atoms with Crippen LogP contribution in [0.2, 0.25) is 0 Å². The summed E-state index contributed by atoms with van der Waals surface area (Å²) in [5.74, 6) is 1.50. The molecule has 1 saturated heterocycles. The number of ether oxygens (including phenoxy) is 2. The topological polar surface area (TPSA) is 67.9 Å². The van der Waals surface area contributed by atoms with Gasteiger partial charge in [0.15, 0.2) is 5.78 Å². The number of methoxy groups -OCH3 is 2. The number of nitrogens with zero attached hydrogens (tertiary/aromatic N) is 1. The Labute approximate surface area is 171 Å². The first-order valence-corrected chi connectivity index (χ1v) is 9.84. The monoisotopic (exact) mass is 396 g/mol. The highest BCUT2D eigenvalue weighted by Gasteiger charge is 2.34. The third kappa shape index (κ3) is 4.59. The molecule has 154 valence electrons. The van der Waals surface area contributed by atoms with Crippen LogP contribution in [0.4, 0.5) is 5.69 Å². The highest BCUT2D eigenvalue weighted by molar-refractivity contribution is 5.97. The summed E-state index contributed by atoms with van der Waals surface area (Å²) in [6.45, 7) is 4.28. The lowest BCUT2D eigenvalue weighted by molar-refractivity contribution is -0.121. The van der Waals surface area contributed by atoms with Crippen molar-refractivity contribution in [3.05, 3.63) is 53.6 Å². The zero-order valence-corrected chi connectivity index (χ0v) is 17.4.